The van der Waals surface area contributed by atoms with Crippen LogP contribution in [-0.2, 0) is 4.79 Å². The fourth-order valence-corrected chi connectivity index (χ4v) is 3.49. The minimum Gasteiger partial charge on any atom is -0.497 e. The Morgan fingerprint density at radius 2 is 1.89 bits per heavy atom. The molecule has 6 nitrogen and oxygen atoms in total. The van der Waals surface area contributed by atoms with Gasteiger partial charge in [0.05, 0.1) is 7.11 Å². The first-order valence-corrected chi connectivity index (χ1v) is 9.17. The Bertz CT molecular complexity index is 822. The third kappa shape index (κ3) is 4.78. The zero-order valence-electron chi connectivity index (χ0n) is 15.5. The molecule has 0 spiro atoms. The second-order valence-electron chi connectivity index (χ2n) is 6.76. The van der Waals surface area contributed by atoms with E-state index in [0.29, 0.717) is 12.2 Å². The number of ether oxygens (including phenoxy) is 1. The Kier molecular flexibility index (Phi) is 5.96. The Balaban J connectivity index is 1.75. The molecule has 1 aliphatic heterocycles. The van der Waals surface area contributed by atoms with Gasteiger partial charge in [0.25, 0.3) is 0 Å². The lowest BCUT2D eigenvalue weighted by atomic mass is 9.99. The molecule has 1 saturated heterocycles. The van der Waals surface area contributed by atoms with Crippen LogP contribution in [0.15, 0.2) is 48.5 Å². The molecule has 0 saturated carbocycles. The molecule has 0 aromatic heterocycles. The van der Waals surface area contributed by atoms with Gasteiger partial charge in [-0.2, -0.15) is 0 Å². The maximum Gasteiger partial charge on any atom is 0.322 e. The standard InChI is InChI=1S/C21H25N3O3/c1-27-19-10-5-7-16(13-19)15-6-4-8-17(12-15)23-21(26)24-11-3-2-9-18(24)14-20(22)25/h4-8,10,12-13,18H,2-3,9,11,14H2,1H3,(H2,22,25)(H,23,26)/t18-/m1/s1. The van der Waals surface area contributed by atoms with Gasteiger partial charge in [0.15, 0.2) is 0 Å². The van der Waals surface area contributed by atoms with E-state index in [9.17, 15) is 9.59 Å². The Hall–Kier alpha value is -3.02. The lowest BCUT2D eigenvalue weighted by Gasteiger charge is -2.35. The van der Waals surface area contributed by atoms with Gasteiger partial charge in [-0.1, -0.05) is 24.3 Å². The van der Waals surface area contributed by atoms with Gasteiger partial charge in [-0.05, 0) is 54.7 Å². The van der Waals surface area contributed by atoms with E-state index in [4.69, 9.17) is 10.5 Å². The molecular formula is C21H25N3O3. The number of anilines is 1. The van der Waals surface area contributed by atoms with E-state index >= 15 is 0 Å². The number of amides is 3. The molecule has 1 heterocycles. The van der Waals surface area contributed by atoms with Gasteiger partial charge < -0.3 is 20.7 Å². The second kappa shape index (κ2) is 8.58. The largest absolute Gasteiger partial charge is 0.497 e. The number of likely N-dealkylation sites (tertiary alicyclic amines) is 1. The fraction of sp³-hybridized carbons (Fsp3) is 0.333. The van der Waals surface area contributed by atoms with Crippen molar-refractivity contribution in [2.45, 2.75) is 31.7 Å². The second-order valence-corrected chi connectivity index (χ2v) is 6.76. The average Bonchev–Trinajstić information content (AvgIpc) is 2.68. The van der Waals surface area contributed by atoms with Crippen LogP contribution in [0.3, 0.4) is 0 Å². The third-order valence-corrected chi connectivity index (χ3v) is 4.84. The van der Waals surface area contributed by atoms with Gasteiger partial charge in [0, 0.05) is 24.7 Å². The van der Waals surface area contributed by atoms with Crippen LogP contribution in [0, 0.1) is 0 Å². The van der Waals surface area contributed by atoms with Crippen molar-refractivity contribution in [3.8, 4) is 16.9 Å². The van der Waals surface area contributed by atoms with Crippen LogP contribution in [0.4, 0.5) is 10.5 Å². The van der Waals surface area contributed by atoms with Crippen molar-refractivity contribution in [3.05, 3.63) is 48.5 Å². The van der Waals surface area contributed by atoms with E-state index in [1.165, 1.54) is 0 Å². The molecule has 0 unspecified atom stereocenters. The van der Waals surface area contributed by atoms with Crippen LogP contribution in [0.1, 0.15) is 25.7 Å². The number of hydrogen-bond donors (Lipinski definition) is 2. The van der Waals surface area contributed by atoms with Crippen LogP contribution in [0.2, 0.25) is 0 Å². The molecule has 3 amide bonds. The van der Waals surface area contributed by atoms with E-state index in [2.05, 4.69) is 5.32 Å². The predicted molar refractivity (Wildman–Crippen MR) is 106 cm³/mol. The molecule has 0 bridgehead atoms. The van der Waals surface area contributed by atoms with E-state index in [1.54, 1.807) is 12.0 Å². The molecule has 1 aliphatic rings. The van der Waals surface area contributed by atoms with Crippen LogP contribution in [-0.4, -0.2) is 36.5 Å². The Morgan fingerprint density at radius 1 is 1.15 bits per heavy atom. The topological polar surface area (TPSA) is 84.7 Å². The summed E-state index contributed by atoms with van der Waals surface area (Å²) in [5, 5.41) is 2.96. The normalized spacial score (nSPS) is 16.6. The summed E-state index contributed by atoms with van der Waals surface area (Å²) in [6.45, 7) is 0.638. The summed E-state index contributed by atoms with van der Waals surface area (Å²) in [5.74, 6) is 0.407. The Labute approximate surface area is 159 Å². The molecule has 0 radical (unpaired) electrons. The highest BCUT2D eigenvalue weighted by Gasteiger charge is 2.27. The highest BCUT2D eigenvalue weighted by Crippen LogP contribution is 2.27. The number of nitrogens with two attached hydrogens (primary N) is 1. The first-order chi connectivity index (χ1) is 13.1. The van der Waals surface area contributed by atoms with Gasteiger partial charge in [0.1, 0.15) is 5.75 Å². The third-order valence-electron chi connectivity index (χ3n) is 4.84. The number of nitrogens with one attached hydrogen (secondary N) is 1. The van der Waals surface area contributed by atoms with Gasteiger partial charge >= 0.3 is 6.03 Å². The number of rotatable bonds is 5. The van der Waals surface area contributed by atoms with Crippen molar-refractivity contribution in [1.82, 2.24) is 4.90 Å². The average molecular weight is 367 g/mol. The van der Waals surface area contributed by atoms with Gasteiger partial charge in [-0.25, -0.2) is 4.79 Å². The maximum absolute atomic E-state index is 12.8. The summed E-state index contributed by atoms with van der Waals surface area (Å²) in [6.07, 6.45) is 2.96. The maximum atomic E-state index is 12.8. The summed E-state index contributed by atoms with van der Waals surface area (Å²) in [4.78, 5) is 25.8. The van der Waals surface area contributed by atoms with Crippen molar-refractivity contribution >= 4 is 17.6 Å². The van der Waals surface area contributed by atoms with Crippen molar-refractivity contribution in [2.24, 2.45) is 5.73 Å². The summed E-state index contributed by atoms with van der Waals surface area (Å²) < 4.78 is 5.28. The highest BCUT2D eigenvalue weighted by molar-refractivity contribution is 5.91. The summed E-state index contributed by atoms with van der Waals surface area (Å²) in [6, 6.07) is 15.1. The molecule has 27 heavy (non-hydrogen) atoms. The number of benzene rings is 2. The lowest BCUT2D eigenvalue weighted by molar-refractivity contribution is -0.119. The number of hydrogen-bond acceptors (Lipinski definition) is 3. The van der Waals surface area contributed by atoms with Gasteiger partial charge in [-0.3, -0.25) is 4.79 Å². The number of urea groups is 1. The van der Waals surface area contributed by atoms with Crippen LogP contribution < -0.4 is 15.8 Å². The van der Waals surface area contributed by atoms with Crippen LogP contribution >= 0.6 is 0 Å². The molecule has 1 fully saturated rings. The molecule has 6 heteroatoms. The zero-order valence-corrected chi connectivity index (χ0v) is 15.5. The Morgan fingerprint density at radius 3 is 2.63 bits per heavy atom. The smallest absolute Gasteiger partial charge is 0.322 e. The first-order valence-electron chi connectivity index (χ1n) is 9.17. The van der Waals surface area contributed by atoms with Crippen LogP contribution in [0.25, 0.3) is 11.1 Å². The molecule has 0 aliphatic carbocycles. The molecular weight excluding hydrogens is 342 g/mol. The minimum absolute atomic E-state index is 0.127. The fourth-order valence-electron chi connectivity index (χ4n) is 3.49. The summed E-state index contributed by atoms with van der Waals surface area (Å²) >= 11 is 0. The first kappa shape index (κ1) is 18.8. The van der Waals surface area contributed by atoms with Crippen LogP contribution in [0.5, 0.6) is 5.75 Å². The number of nitrogens with zero attached hydrogens (tertiary/aromatic N) is 1. The molecule has 3 N–H and O–H groups in total. The number of methoxy groups -OCH3 is 1. The molecule has 2 aromatic rings. The van der Waals surface area contributed by atoms with Gasteiger partial charge in [-0.15, -0.1) is 0 Å². The highest BCUT2D eigenvalue weighted by atomic mass is 16.5. The SMILES string of the molecule is COc1cccc(-c2cccc(NC(=O)N3CCCC[C@@H]3CC(N)=O)c2)c1. The van der Waals surface area contributed by atoms with E-state index in [1.807, 2.05) is 48.5 Å². The van der Waals surface area contributed by atoms with E-state index < -0.39 is 0 Å². The van der Waals surface area contributed by atoms with Crippen molar-refractivity contribution in [1.29, 1.82) is 0 Å². The van der Waals surface area contributed by atoms with Gasteiger partial charge in [0.2, 0.25) is 5.91 Å². The lowest BCUT2D eigenvalue weighted by Crippen LogP contribution is -2.47. The monoisotopic (exact) mass is 367 g/mol. The minimum atomic E-state index is -0.375. The number of piperidine rings is 1. The van der Waals surface area contributed by atoms with Crippen molar-refractivity contribution < 1.29 is 14.3 Å². The predicted octanol–water partition coefficient (Wildman–Crippen LogP) is 3.62. The summed E-state index contributed by atoms with van der Waals surface area (Å²) in [5.41, 5.74) is 8.04. The molecule has 3 rings (SSSR count). The quantitative estimate of drug-likeness (QED) is 0.846. The zero-order chi connectivity index (χ0) is 19.2. The molecule has 2 aromatic carbocycles. The molecule has 142 valence electrons. The van der Waals surface area contributed by atoms with Crippen molar-refractivity contribution in [2.75, 3.05) is 19.0 Å². The number of carbonyl (C=O) groups excluding carboxylic acids is 2. The molecule has 1 atom stereocenters. The van der Waals surface area contributed by atoms with E-state index in [0.717, 1.165) is 36.1 Å². The number of primary amides is 1. The number of carbonyl (C=O) groups is 2. The summed E-state index contributed by atoms with van der Waals surface area (Å²) in [7, 11) is 1.64. The van der Waals surface area contributed by atoms with Crippen molar-refractivity contribution in [3.63, 3.8) is 0 Å². The van der Waals surface area contributed by atoms with E-state index in [-0.39, 0.29) is 24.4 Å².